The highest BCUT2D eigenvalue weighted by atomic mass is 16.5. The third kappa shape index (κ3) is 1.84. The number of rotatable bonds is 3. The average Bonchev–Trinajstić information content (AvgIpc) is 2.28. The summed E-state index contributed by atoms with van der Waals surface area (Å²) in [5.74, 6) is 1.53. The van der Waals surface area contributed by atoms with Crippen LogP contribution in [0.3, 0.4) is 0 Å². The second-order valence-corrected chi connectivity index (χ2v) is 3.61. The van der Waals surface area contributed by atoms with E-state index in [1.165, 1.54) is 0 Å². The van der Waals surface area contributed by atoms with Gasteiger partial charge in [0.1, 0.15) is 17.1 Å². The Morgan fingerprint density at radius 1 is 1.31 bits per heavy atom. The highest BCUT2D eigenvalue weighted by Crippen LogP contribution is 2.25. The van der Waals surface area contributed by atoms with Gasteiger partial charge in [0.25, 0.3) is 0 Å². The van der Waals surface area contributed by atoms with Gasteiger partial charge in [0, 0.05) is 11.8 Å². The van der Waals surface area contributed by atoms with Crippen LogP contribution in [0.4, 0.5) is 0 Å². The fraction of sp³-hybridized carbons (Fsp3) is 0.333. The van der Waals surface area contributed by atoms with Gasteiger partial charge in [-0.1, -0.05) is 12.1 Å². The molecule has 0 fully saturated rings. The Hall–Kier alpha value is -1.68. The number of para-hydroxylation sites is 1. The summed E-state index contributed by atoms with van der Waals surface area (Å²) in [4.78, 5) is 8.83. The van der Waals surface area contributed by atoms with Gasteiger partial charge in [0.15, 0.2) is 0 Å². The third-order valence-corrected chi connectivity index (χ3v) is 2.48. The molecular formula is C12H15N3O. The van der Waals surface area contributed by atoms with E-state index in [1.54, 1.807) is 7.11 Å². The van der Waals surface area contributed by atoms with Crippen LogP contribution in [0.15, 0.2) is 18.2 Å². The average molecular weight is 217 g/mol. The fourth-order valence-corrected chi connectivity index (χ4v) is 1.80. The van der Waals surface area contributed by atoms with E-state index in [-0.39, 0.29) is 0 Å². The molecule has 0 saturated heterocycles. The first-order valence-corrected chi connectivity index (χ1v) is 5.26. The minimum absolute atomic E-state index is 0.586. The number of hydrogen-bond donors (Lipinski definition) is 1. The largest absolute Gasteiger partial charge is 0.494 e. The van der Waals surface area contributed by atoms with Gasteiger partial charge >= 0.3 is 0 Å². The van der Waals surface area contributed by atoms with Crippen molar-refractivity contribution in [2.24, 2.45) is 5.73 Å². The highest BCUT2D eigenvalue weighted by molar-refractivity contribution is 5.86. The van der Waals surface area contributed by atoms with Crippen LogP contribution in [0.5, 0.6) is 5.75 Å². The number of methoxy groups -OCH3 is 1. The van der Waals surface area contributed by atoms with Crippen molar-refractivity contribution in [1.82, 2.24) is 9.97 Å². The molecule has 0 unspecified atom stereocenters. The molecule has 2 rings (SSSR count). The zero-order valence-corrected chi connectivity index (χ0v) is 9.53. The smallest absolute Gasteiger partial charge is 0.145 e. The van der Waals surface area contributed by atoms with E-state index in [9.17, 15) is 0 Å². The number of fused-ring (bicyclic) bond motifs is 1. The van der Waals surface area contributed by atoms with Gasteiger partial charge in [-0.3, -0.25) is 0 Å². The van der Waals surface area contributed by atoms with Gasteiger partial charge in [-0.25, -0.2) is 9.97 Å². The number of ether oxygens (including phenoxy) is 1. The zero-order valence-electron chi connectivity index (χ0n) is 9.53. The van der Waals surface area contributed by atoms with Crippen LogP contribution in [0, 0.1) is 6.92 Å². The molecule has 1 aromatic heterocycles. The Morgan fingerprint density at radius 3 is 2.81 bits per heavy atom. The second-order valence-electron chi connectivity index (χ2n) is 3.61. The van der Waals surface area contributed by atoms with Crippen LogP contribution < -0.4 is 10.5 Å². The molecule has 1 heterocycles. The molecule has 2 aromatic rings. The normalized spacial score (nSPS) is 10.7. The minimum atomic E-state index is 0.586. The van der Waals surface area contributed by atoms with Crippen molar-refractivity contribution in [2.45, 2.75) is 13.3 Å². The van der Waals surface area contributed by atoms with Crippen molar-refractivity contribution >= 4 is 10.9 Å². The van der Waals surface area contributed by atoms with Crippen LogP contribution in [0.25, 0.3) is 10.9 Å². The van der Waals surface area contributed by atoms with Crippen molar-refractivity contribution < 1.29 is 4.74 Å². The van der Waals surface area contributed by atoms with Crippen LogP contribution >= 0.6 is 0 Å². The molecule has 16 heavy (non-hydrogen) atoms. The van der Waals surface area contributed by atoms with E-state index in [0.717, 1.165) is 34.6 Å². The monoisotopic (exact) mass is 217 g/mol. The predicted octanol–water partition coefficient (Wildman–Crippen LogP) is 1.45. The molecule has 0 aliphatic rings. The number of benzene rings is 1. The Balaban J connectivity index is 2.72. The molecule has 0 amide bonds. The summed E-state index contributed by atoms with van der Waals surface area (Å²) >= 11 is 0. The van der Waals surface area contributed by atoms with E-state index >= 15 is 0 Å². The van der Waals surface area contributed by atoms with Gasteiger partial charge in [0.05, 0.1) is 12.8 Å². The van der Waals surface area contributed by atoms with Crippen LogP contribution in [-0.4, -0.2) is 23.6 Å². The molecule has 4 heteroatoms. The quantitative estimate of drug-likeness (QED) is 0.845. The molecule has 0 spiro atoms. The first-order chi connectivity index (χ1) is 7.76. The molecule has 84 valence electrons. The lowest BCUT2D eigenvalue weighted by Gasteiger charge is -2.08. The highest BCUT2D eigenvalue weighted by Gasteiger charge is 2.08. The summed E-state index contributed by atoms with van der Waals surface area (Å²) in [5, 5.41) is 1.02. The maximum atomic E-state index is 5.58. The lowest BCUT2D eigenvalue weighted by atomic mass is 10.1. The third-order valence-electron chi connectivity index (χ3n) is 2.48. The summed E-state index contributed by atoms with van der Waals surface area (Å²) in [6.07, 6.45) is 0.757. The summed E-state index contributed by atoms with van der Waals surface area (Å²) in [6.45, 7) is 2.47. The molecule has 0 aliphatic heterocycles. The summed E-state index contributed by atoms with van der Waals surface area (Å²) < 4.78 is 5.29. The standard InChI is InChI=1S/C12H15N3O/c1-8-14-10(6-7-13)9-4-3-5-11(16-2)12(9)15-8/h3-5H,6-7,13H2,1-2H3. The minimum Gasteiger partial charge on any atom is -0.494 e. The lowest BCUT2D eigenvalue weighted by molar-refractivity contribution is 0.418. The summed E-state index contributed by atoms with van der Waals surface area (Å²) in [7, 11) is 1.65. The fourth-order valence-electron chi connectivity index (χ4n) is 1.80. The number of aryl methyl sites for hydroxylation is 1. The van der Waals surface area contributed by atoms with E-state index in [0.29, 0.717) is 6.54 Å². The van der Waals surface area contributed by atoms with Gasteiger partial charge < -0.3 is 10.5 Å². The van der Waals surface area contributed by atoms with E-state index in [4.69, 9.17) is 10.5 Å². The van der Waals surface area contributed by atoms with E-state index in [1.807, 2.05) is 25.1 Å². The molecular weight excluding hydrogens is 202 g/mol. The summed E-state index contributed by atoms with van der Waals surface area (Å²) in [6, 6.07) is 5.85. The number of nitrogens with two attached hydrogens (primary N) is 1. The number of hydrogen-bond acceptors (Lipinski definition) is 4. The topological polar surface area (TPSA) is 61.0 Å². The van der Waals surface area contributed by atoms with Crippen molar-refractivity contribution in [1.29, 1.82) is 0 Å². The van der Waals surface area contributed by atoms with Gasteiger partial charge in [-0.15, -0.1) is 0 Å². The van der Waals surface area contributed by atoms with E-state index < -0.39 is 0 Å². The Labute approximate surface area is 94.5 Å². The van der Waals surface area contributed by atoms with Gasteiger partial charge in [-0.2, -0.15) is 0 Å². The molecule has 0 atom stereocenters. The van der Waals surface area contributed by atoms with E-state index in [2.05, 4.69) is 9.97 Å². The lowest BCUT2D eigenvalue weighted by Crippen LogP contribution is -2.07. The van der Waals surface area contributed by atoms with Crippen LogP contribution in [0.2, 0.25) is 0 Å². The molecule has 0 saturated carbocycles. The first kappa shape index (κ1) is 10.8. The maximum absolute atomic E-state index is 5.58. The molecule has 4 nitrogen and oxygen atoms in total. The molecule has 1 aromatic carbocycles. The van der Waals surface area contributed by atoms with Crippen molar-refractivity contribution in [3.05, 3.63) is 29.7 Å². The Morgan fingerprint density at radius 2 is 2.12 bits per heavy atom. The molecule has 0 radical (unpaired) electrons. The Bertz CT molecular complexity index is 511. The molecule has 2 N–H and O–H groups in total. The molecule has 0 bridgehead atoms. The first-order valence-electron chi connectivity index (χ1n) is 5.26. The van der Waals surface area contributed by atoms with Crippen molar-refractivity contribution in [3.63, 3.8) is 0 Å². The van der Waals surface area contributed by atoms with Gasteiger partial charge in [0.2, 0.25) is 0 Å². The van der Waals surface area contributed by atoms with Gasteiger partial charge in [-0.05, 0) is 19.5 Å². The molecule has 0 aliphatic carbocycles. The van der Waals surface area contributed by atoms with Crippen LogP contribution in [0.1, 0.15) is 11.5 Å². The SMILES string of the molecule is COc1cccc2c(CCN)nc(C)nc12. The summed E-state index contributed by atoms with van der Waals surface area (Å²) in [5.41, 5.74) is 7.43. The number of nitrogens with zero attached hydrogens (tertiary/aromatic N) is 2. The second kappa shape index (κ2) is 4.45. The van der Waals surface area contributed by atoms with Crippen molar-refractivity contribution in [3.8, 4) is 5.75 Å². The predicted molar refractivity (Wildman–Crippen MR) is 63.6 cm³/mol. The van der Waals surface area contributed by atoms with Crippen LogP contribution in [-0.2, 0) is 6.42 Å². The number of aromatic nitrogens is 2. The zero-order chi connectivity index (χ0) is 11.5. The van der Waals surface area contributed by atoms with Crippen molar-refractivity contribution in [2.75, 3.05) is 13.7 Å². The Kier molecular flexibility index (Phi) is 3.01. The maximum Gasteiger partial charge on any atom is 0.145 e.